The van der Waals surface area contributed by atoms with Crippen molar-refractivity contribution in [2.24, 2.45) is 0 Å². The number of nitrogen functional groups attached to an aromatic ring is 1. The maximum atomic E-state index is 6.00. The fourth-order valence-electron chi connectivity index (χ4n) is 1.95. The zero-order valence-corrected chi connectivity index (χ0v) is 13.0. The van der Waals surface area contributed by atoms with E-state index in [-0.39, 0.29) is 6.10 Å². The Balaban J connectivity index is 2.33. The Kier molecular flexibility index (Phi) is 7.77. The Morgan fingerprint density at radius 1 is 1.15 bits per heavy atom. The largest absolute Gasteiger partial charge is 0.473 e. The summed E-state index contributed by atoms with van der Waals surface area (Å²) in [6.45, 7) is 7.01. The minimum atomic E-state index is 0.0543. The van der Waals surface area contributed by atoms with Crippen molar-refractivity contribution in [2.45, 2.75) is 65.4 Å². The van der Waals surface area contributed by atoms with Crippen LogP contribution in [0, 0.1) is 0 Å². The average Bonchev–Trinajstić information content (AvgIpc) is 2.41. The summed E-state index contributed by atoms with van der Waals surface area (Å²) < 4.78 is 5.54. The number of aromatic nitrogens is 2. The maximum Gasteiger partial charge on any atom is 0.242 e. The van der Waals surface area contributed by atoms with Crippen molar-refractivity contribution in [1.82, 2.24) is 9.97 Å². The van der Waals surface area contributed by atoms with Gasteiger partial charge in [0.15, 0.2) is 5.82 Å². The zero-order chi connectivity index (χ0) is 14.8. The van der Waals surface area contributed by atoms with Crippen LogP contribution >= 0.6 is 0 Å². The van der Waals surface area contributed by atoms with Gasteiger partial charge >= 0.3 is 0 Å². The van der Waals surface area contributed by atoms with Crippen LogP contribution in [0.5, 0.6) is 5.88 Å². The molecule has 0 unspecified atom stereocenters. The van der Waals surface area contributed by atoms with E-state index in [2.05, 4.69) is 22.2 Å². The molecule has 0 fully saturated rings. The van der Waals surface area contributed by atoms with Crippen LogP contribution in [0.25, 0.3) is 0 Å². The van der Waals surface area contributed by atoms with Crippen LogP contribution in [0.15, 0.2) is 6.33 Å². The van der Waals surface area contributed by atoms with Gasteiger partial charge in [-0.15, -0.1) is 0 Å². The van der Waals surface area contributed by atoms with Gasteiger partial charge in [0.1, 0.15) is 12.0 Å². The van der Waals surface area contributed by atoms with Crippen LogP contribution in [-0.2, 0) is 0 Å². The fourth-order valence-corrected chi connectivity index (χ4v) is 1.95. The molecular weight excluding hydrogens is 252 g/mol. The first-order valence-corrected chi connectivity index (χ1v) is 7.66. The lowest BCUT2D eigenvalue weighted by Gasteiger charge is -2.13. The van der Waals surface area contributed by atoms with Crippen molar-refractivity contribution in [3.63, 3.8) is 0 Å². The number of anilines is 2. The molecule has 1 heterocycles. The maximum absolute atomic E-state index is 6.00. The lowest BCUT2D eigenvalue weighted by Crippen LogP contribution is -2.12. The lowest BCUT2D eigenvalue weighted by molar-refractivity contribution is 0.234. The molecule has 114 valence electrons. The van der Waals surface area contributed by atoms with Crippen LogP contribution in [0.2, 0.25) is 0 Å². The minimum absolute atomic E-state index is 0.0543. The van der Waals surface area contributed by atoms with E-state index in [1.807, 2.05) is 13.8 Å². The van der Waals surface area contributed by atoms with E-state index in [0.717, 1.165) is 13.0 Å². The minimum Gasteiger partial charge on any atom is -0.473 e. The first-order valence-electron chi connectivity index (χ1n) is 7.66. The molecule has 0 aliphatic rings. The number of hydrogen-bond donors (Lipinski definition) is 2. The van der Waals surface area contributed by atoms with Crippen molar-refractivity contribution in [3.05, 3.63) is 6.33 Å². The van der Waals surface area contributed by atoms with E-state index in [1.54, 1.807) is 0 Å². The molecule has 0 saturated heterocycles. The Hall–Kier alpha value is -1.52. The molecule has 20 heavy (non-hydrogen) atoms. The zero-order valence-electron chi connectivity index (χ0n) is 13.0. The van der Waals surface area contributed by atoms with Crippen molar-refractivity contribution in [2.75, 3.05) is 17.6 Å². The van der Waals surface area contributed by atoms with Crippen molar-refractivity contribution in [3.8, 4) is 5.88 Å². The van der Waals surface area contributed by atoms with Gasteiger partial charge in [0.2, 0.25) is 5.88 Å². The quantitative estimate of drug-likeness (QED) is 0.640. The molecule has 0 radical (unpaired) electrons. The first kappa shape index (κ1) is 16.5. The topological polar surface area (TPSA) is 73.1 Å². The monoisotopic (exact) mass is 280 g/mol. The molecule has 0 aliphatic heterocycles. The standard InChI is InChI=1S/C15H28N4O/c1-4-5-6-7-8-9-10-17-14-13(16)15(19-11-18-14)20-12(2)3/h11-12H,4-10,16H2,1-3H3,(H,17,18,19). The molecule has 0 saturated carbocycles. The average molecular weight is 280 g/mol. The van der Waals surface area contributed by atoms with Gasteiger partial charge in [0.25, 0.3) is 0 Å². The van der Waals surface area contributed by atoms with Gasteiger partial charge in [-0.3, -0.25) is 0 Å². The number of hydrogen-bond acceptors (Lipinski definition) is 5. The molecule has 0 atom stereocenters. The summed E-state index contributed by atoms with van der Waals surface area (Å²) >= 11 is 0. The second-order valence-electron chi connectivity index (χ2n) is 5.30. The Morgan fingerprint density at radius 3 is 2.55 bits per heavy atom. The summed E-state index contributed by atoms with van der Waals surface area (Å²) in [4.78, 5) is 8.23. The van der Waals surface area contributed by atoms with Crippen LogP contribution in [0.1, 0.15) is 59.3 Å². The SMILES string of the molecule is CCCCCCCCNc1ncnc(OC(C)C)c1N. The summed E-state index contributed by atoms with van der Waals surface area (Å²) in [5, 5.41) is 3.26. The summed E-state index contributed by atoms with van der Waals surface area (Å²) in [6.07, 6.45) is 9.17. The molecule has 5 heteroatoms. The molecule has 0 spiro atoms. The predicted molar refractivity (Wildman–Crippen MR) is 84.1 cm³/mol. The third-order valence-electron chi connectivity index (χ3n) is 3.02. The number of unbranched alkanes of at least 4 members (excludes halogenated alkanes) is 5. The second kappa shape index (κ2) is 9.39. The van der Waals surface area contributed by atoms with Crippen molar-refractivity contribution >= 4 is 11.5 Å². The van der Waals surface area contributed by atoms with Crippen molar-refractivity contribution in [1.29, 1.82) is 0 Å². The van der Waals surface area contributed by atoms with E-state index in [9.17, 15) is 0 Å². The number of nitrogens with two attached hydrogens (primary N) is 1. The van der Waals surface area contributed by atoms with Gasteiger partial charge < -0.3 is 15.8 Å². The summed E-state index contributed by atoms with van der Waals surface area (Å²) in [5.74, 6) is 1.13. The summed E-state index contributed by atoms with van der Waals surface area (Å²) in [6, 6.07) is 0. The lowest BCUT2D eigenvalue weighted by atomic mass is 10.1. The van der Waals surface area contributed by atoms with Gasteiger partial charge in [-0.05, 0) is 20.3 Å². The molecule has 1 aromatic rings. The molecule has 3 N–H and O–H groups in total. The number of nitrogens with one attached hydrogen (secondary N) is 1. The Morgan fingerprint density at radius 2 is 1.85 bits per heavy atom. The van der Waals surface area contributed by atoms with Gasteiger partial charge in [0.05, 0.1) is 6.10 Å². The second-order valence-corrected chi connectivity index (χ2v) is 5.30. The van der Waals surface area contributed by atoms with Crippen LogP contribution in [-0.4, -0.2) is 22.6 Å². The molecule has 0 amide bonds. The van der Waals surface area contributed by atoms with E-state index < -0.39 is 0 Å². The highest BCUT2D eigenvalue weighted by atomic mass is 16.5. The van der Waals surface area contributed by atoms with Gasteiger partial charge in [-0.1, -0.05) is 39.0 Å². The third kappa shape index (κ3) is 6.08. The number of nitrogens with zero attached hydrogens (tertiary/aromatic N) is 2. The smallest absolute Gasteiger partial charge is 0.242 e. The highest BCUT2D eigenvalue weighted by molar-refractivity contribution is 5.66. The van der Waals surface area contributed by atoms with Gasteiger partial charge in [0, 0.05) is 6.54 Å². The third-order valence-corrected chi connectivity index (χ3v) is 3.02. The summed E-state index contributed by atoms with van der Waals surface area (Å²) in [5.41, 5.74) is 6.49. The molecule has 0 bridgehead atoms. The van der Waals surface area contributed by atoms with E-state index in [4.69, 9.17) is 10.5 Å². The number of ether oxygens (including phenoxy) is 1. The van der Waals surface area contributed by atoms with E-state index in [1.165, 1.54) is 38.4 Å². The predicted octanol–water partition coefficient (Wildman–Crippen LogP) is 3.62. The summed E-state index contributed by atoms with van der Waals surface area (Å²) in [7, 11) is 0. The van der Waals surface area contributed by atoms with Gasteiger partial charge in [-0.25, -0.2) is 4.98 Å². The number of rotatable bonds is 10. The highest BCUT2D eigenvalue weighted by Crippen LogP contribution is 2.25. The normalized spacial score (nSPS) is 10.8. The van der Waals surface area contributed by atoms with Crippen LogP contribution < -0.4 is 15.8 Å². The molecule has 0 aromatic carbocycles. The Bertz CT molecular complexity index is 382. The molecule has 1 rings (SSSR count). The van der Waals surface area contributed by atoms with Gasteiger partial charge in [-0.2, -0.15) is 4.98 Å². The van der Waals surface area contributed by atoms with E-state index in [0.29, 0.717) is 17.4 Å². The van der Waals surface area contributed by atoms with Crippen LogP contribution in [0.4, 0.5) is 11.5 Å². The fraction of sp³-hybridized carbons (Fsp3) is 0.733. The van der Waals surface area contributed by atoms with Crippen LogP contribution in [0.3, 0.4) is 0 Å². The highest BCUT2D eigenvalue weighted by Gasteiger charge is 2.09. The Labute approximate surface area is 122 Å². The molecule has 0 aliphatic carbocycles. The first-order chi connectivity index (χ1) is 9.65. The molecule has 5 nitrogen and oxygen atoms in total. The van der Waals surface area contributed by atoms with E-state index >= 15 is 0 Å². The molecular formula is C15H28N4O. The molecule has 1 aromatic heterocycles. The van der Waals surface area contributed by atoms with Crippen molar-refractivity contribution < 1.29 is 4.74 Å².